The number of benzene rings is 1. The largest absolute Gasteiger partial charge is 0.345 e. The van der Waals surface area contributed by atoms with Crippen molar-refractivity contribution in [3.05, 3.63) is 51.7 Å². The summed E-state index contributed by atoms with van der Waals surface area (Å²) in [5, 5.41) is 5.38. The summed E-state index contributed by atoms with van der Waals surface area (Å²) in [6.07, 6.45) is 0.582. The summed E-state index contributed by atoms with van der Waals surface area (Å²) in [5.41, 5.74) is 6.47. The third-order valence-electron chi connectivity index (χ3n) is 3.02. The maximum atomic E-state index is 12.9. The predicted octanol–water partition coefficient (Wildman–Crippen LogP) is 2.34. The fourth-order valence-electron chi connectivity index (χ4n) is 1.70. The Balaban J connectivity index is 2.04. The zero-order valence-corrected chi connectivity index (χ0v) is 12.8. The van der Waals surface area contributed by atoms with Crippen LogP contribution < -0.4 is 11.1 Å². The standard InChI is InChI=1S/C15H18FN3OS/c1-15(2,9-17)19-14(20)12-8-21-13(18-12)7-10-3-5-11(16)6-4-10/h3-6,8H,7,9,17H2,1-2H3,(H,19,20). The van der Waals surface area contributed by atoms with Gasteiger partial charge in [0.15, 0.2) is 0 Å². The van der Waals surface area contributed by atoms with E-state index < -0.39 is 5.54 Å². The monoisotopic (exact) mass is 307 g/mol. The van der Waals surface area contributed by atoms with Crippen molar-refractivity contribution in [2.45, 2.75) is 25.8 Å². The molecule has 0 saturated heterocycles. The Bertz CT molecular complexity index is 622. The quantitative estimate of drug-likeness (QED) is 0.891. The number of nitrogens with zero attached hydrogens (tertiary/aromatic N) is 1. The van der Waals surface area contributed by atoms with Crippen LogP contribution in [0.3, 0.4) is 0 Å². The molecule has 1 aromatic carbocycles. The Morgan fingerprint density at radius 1 is 1.38 bits per heavy atom. The lowest BCUT2D eigenvalue weighted by atomic mass is 10.1. The number of thiazole rings is 1. The first-order valence-electron chi connectivity index (χ1n) is 6.61. The van der Waals surface area contributed by atoms with Gasteiger partial charge in [-0.3, -0.25) is 4.79 Å². The van der Waals surface area contributed by atoms with Crippen molar-refractivity contribution >= 4 is 17.2 Å². The lowest BCUT2D eigenvalue weighted by Gasteiger charge is -2.23. The van der Waals surface area contributed by atoms with Crippen molar-refractivity contribution in [1.82, 2.24) is 10.3 Å². The Kier molecular flexibility index (Phi) is 4.69. The van der Waals surface area contributed by atoms with Crippen LogP contribution in [0.1, 0.15) is 34.9 Å². The molecule has 0 saturated carbocycles. The summed E-state index contributed by atoms with van der Waals surface area (Å²) in [7, 11) is 0. The topological polar surface area (TPSA) is 68.0 Å². The minimum Gasteiger partial charge on any atom is -0.345 e. The highest BCUT2D eigenvalue weighted by Gasteiger charge is 2.20. The van der Waals surface area contributed by atoms with E-state index in [9.17, 15) is 9.18 Å². The molecular formula is C15H18FN3OS. The molecule has 0 fully saturated rings. The van der Waals surface area contributed by atoms with Gasteiger partial charge < -0.3 is 11.1 Å². The van der Waals surface area contributed by atoms with E-state index in [0.29, 0.717) is 18.7 Å². The Hall–Kier alpha value is -1.79. The van der Waals surface area contributed by atoms with Crippen LogP contribution in [-0.4, -0.2) is 23.0 Å². The van der Waals surface area contributed by atoms with E-state index in [1.807, 2.05) is 13.8 Å². The van der Waals surface area contributed by atoms with Crippen LogP contribution in [0.25, 0.3) is 0 Å². The molecule has 4 nitrogen and oxygen atoms in total. The van der Waals surface area contributed by atoms with Gasteiger partial charge in [-0.25, -0.2) is 9.37 Å². The van der Waals surface area contributed by atoms with Gasteiger partial charge in [0.25, 0.3) is 5.91 Å². The second-order valence-corrected chi connectivity index (χ2v) is 6.41. The first-order valence-corrected chi connectivity index (χ1v) is 7.49. The molecule has 0 bridgehead atoms. The number of amides is 1. The second kappa shape index (κ2) is 6.32. The highest BCUT2D eigenvalue weighted by molar-refractivity contribution is 7.09. The number of aromatic nitrogens is 1. The summed E-state index contributed by atoms with van der Waals surface area (Å²) in [6, 6.07) is 6.27. The summed E-state index contributed by atoms with van der Waals surface area (Å²) < 4.78 is 12.9. The van der Waals surface area contributed by atoms with Crippen molar-refractivity contribution in [2.75, 3.05) is 6.54 Å². The van der Waals surface area contributed by atoms with Gasteiger partial charge in [0.05, 0.1) is 5.01 Å². The SMILES string of the molecule is CC(C)(CN)NC(=O)c1csc(Cc2ccc(F)cc2)n1. The van der Waals surface area contributed by atoms with Gasteiger partial charge in [-0.05, 0) is 31.5 Å². The number of hydrogen-bond acceptors (Lipinski definition) is 4. The molecule has 6 heteroatoms. The molecule has 0 unspecified atom stereocenters. The number of carbonyl (C=O) groups excluding carboxylic acids is 1. The zero-order chi connectivity index (χ0) is 15.5. The molecular weight excluding hydrogens is 289 g/mol. The number of rotatable bonds is 5. The van der Waals surface area contributed by atoms with Crippen LogP contribution in [0.4, 0.5) is 4.39 Å². The van der Waals surface area contributed by atoms with Gasteiger partial charge in [-0.2, -0.15) is 0 Å². The number of carbonyl (C=O) groups is 1. The summed E-state index contributed by atoms with van der Waals surface area (Å²) in [6.45, 7) is 4.07. The van der Waals surface area contributed by atoms with Crippen LogP contribution >= 0.6 is 11.3 Å². The van der Waals surface area contributed by atoms with Crippen molar-refractivity contribution in [3.63, 3.8) is 0 Å². The molecule has 0 spiro atoms. The van der Waals surface area contributed by atoms with Crippen LogP contribution in [0.2, 0.25) is 0 Å². The molecule has 21 heavy (non-hydrogen) atoms. The van der Waals surface area contributed by atoms with Crippen LogP contribution in [0, 0.1) is 5.82 Å². The van der Waals surface area contributed by atoms with E-state index in [0.717, 1.165) is 10.6 Å². The maximum Gasteiger partial charge on any atom is 0.271 e. The third-order valence-corrected chi connectivity index (χ3v) is 3.86. The molecule has 0 aliphatic rings. The van der Waals surface area contributed by atoms with E-state index in [1.165, 1.54) is 23.5 Å². The van der Waals surface area contributed by atoms with Gasteiger partial charge >= 0.3 is 0 Å². The molecule has 0 atom stereocenters. The average Bonchev–Trinajstić information content (AvgIpc) is 2.90. The first kappa shape index (κ1) is 15.6. The highest BCUT2D eigenvalue weighted by Crippen LogP contribution is 2.16. The lowest BCUT2D eigenvalue weighted by Crippen LogP contribution is -2.48. The summed E-state index contributed by atoms with van der Waals surface area (Å²) in [5.74, 6) is -0.492. The Morgan fingerprint density at radius 2 is 2.05 bits per heavy atom. The minimum absolute atomic E-state index is 0.230. The van der Waals surface area contributed by atoms with Crippen molar-refractivity contribution < 1.29 is 9.18 Å². The Labute approximate surface area is 127 Å². The normalized spacial score (nSPS) is 11.4. The molecule has 0 aliphatic heterocycles. The molecule has 2 rings (SSSR count). The molecule has 3 N–H and O–H groups in total. The van der Waals surface area contributed by atoms with Gasteiger partial charge in [0, 0.05) is 23.9 Å². The molecule has 0 radical (unpaired) electrons. The zero-order valence-electron chi connectivity index (χ0n) is 12.0. The summed E-state index contributed by atoms with van der Waals surface area (Å²) >= 11 is 1.41. The molecule has 1 aromatic heterocycles. The van der Waals surface area contributed by atoms with E-state index >= 15 is 0 Å². The molecule has 112 valence electrons. The fraction of sp³-hybridized carbons (Fsp3) is 0.333. The van der Waals surface area contributed by atoms with E-state index in [2.05, 4.69) is 10.3 Å². The van der Waals surface area contributed by atoms with Gasteiger partial charge in [-0.15, -0.1) is 11.3 Å². The molecule has 0 aliphatic carbocycles. The number of hydrogen-bond donors (Lipinski definition) is 2. The average molecular weight is 307 g/mol. The second-order valence-electron chi connectivity index (χ2n) is 5.47. The van der Waals surface area contributed by atoms with E-state index in [4.69, 9.17) is 5.73 Å². The molecule has 1 heterocycles. The molecule has 1 amide bonds. The number of halogens is 1. The Morgan fingerprint density at radius 3 is 2.67 bits per heavy atom. The van der Waals surface area contributed by atoms with Crippen molar-refractivity contribution in [2.24, 2.45) is 5.73 Å². The summed E-state index contributed by atoms with van der Waals surface area (Å²) in [4.78, 5) is 16.4. The van der Waals surface area contributed by atoms with Crippen molar-refractivity contribution in [3.8, 4) is 0 Å². The van der Waals surface area contributed by atoms with Gasteiger partial charge in [0.1, 0.15) is 11.5 Å². The smallest absolute Gasteiger partial charge is 0.271 e. The predicted molar refractivity (Wildman–Crippen MR) is 81.9 cm³/mol. The molecule has 2 aromatic rings. The number of nitrogens with two attached hydrogens (primary N) is 1. The van der Waals surface area contributed by atoms with Gasteiger partial charge in [-0.1, -0.05) is 12.1 Å². The maximum absolute atomic E-state index is 12.9. The van der Waals surface area contributed by atoms with Crippen LogP contribution in [0.5, 0.6) is 0 Å². The fourth-order valence-corrected chi connectivity index (χ4v) is 2.50. The van der Waals surface area contributed by atoms with E-state index in [1.54, 1.807) is 17.5 Å². The van der Waals surface area contributed by atoms with Crippen LogP contribution in [0.15, 0.2) is 29.6 Å². The lowest BCUT2D eigenvalue weighted by molar-refractivity contribution is 0.0911. The van der Waals surface area contributed by atoms with Gasteiger partial charge in [0.2, 0.25) is 0 Å². The number of nitrogens with one attached hydrogen (secondary N) is 1. The highest BCUT2D eigenvalue weighted by atomic mass is 32.1. The van der Waals surface area contributed by atoms with Crippen LogP contribution in [-0.2, 0) is 6.42 Å². The first-order chi connectivity index (χ1) is 9.89. The van der Waals surface area contributed by atoms with E-state index in [-0.39, 0.29) is 11.7 Å². The minimum atomic E-state index is -0.460. The third kappa shape index (κ3) is 4.34. The van der Waals surface area contributed by atoms with Crippen molar-refractivity contribution in [1.29, 1.82) is 0 Å².